The van der Waals surface area contributed by atoms with Gasteiger partial charge in [0.25, 0.3) is 0 Å². The highest BCUT2D eigenvalue weighted by Crippen LogP contribution is 2.35. The molecular weight excluding hydrogens is 350 g/mol. The first-order valence-electron chi connectivity index (χ1n) is 6.91. The minimum Gasteiger partial charge on any atom is -0.300 e. The molecule has 0 fully saturated rings. The zero-order valence-corrected chi connectivity index (χ0v) is 15.6. The van der Waals surface area contributed by atoms with Crippen LogP contribution in [0.25, 0.3) is 10.2 Å². The van der Waals surface area contributed by atoms with Crippen LogP contribution in [0.15, 0.2) is 5.03 Å². The number of fused-ring (bicyclic) bond motifs is 1. The van der Waals surface area contributed by atoms with Crippen LogP contribution in [0.5, 0.6) is 0 Å². The highest BCUT2D eigenvalue weighted by atomic mass is 32.2. The number of anilines is 1. The van der Waals surface area contributed by atoms with Gasteiger partial charge in [-0.25, -0.2) is 9.97 Å². The van der Waals surface area contributed by atoms with Crippen LogP contribution in [0.4, 0.5) is 5.13 Å². The van der Waals surface area contributed by atoms with Crippen molar-refractivity contribution >= 4 is 55.7 Å². The molecule has 3 aromatic rings. The molecule has 0 aromatic carbocycles. The highest BCUT2D eigenvalue weighted by Gasteiger charge is 2.15. The fourth-order valence-corrected chi connectivity index (χ4v) is 4.73. The van der Waals surface area contributed by atoms with E-state index in [2.05, 4.69) is 39.3 Å². The van der Waals surface area contributed by atoms with Gasteiger partial charge in [-0.2, -0.15) is 0 Å². The Morgan fingerprint density at radius 3 is 2.61 bits per heavy atom. The summed E-state index contributed by atoms with van der Waals surface area (Å²) in [5.41, 5.74) is 1.19. The molecule has 0 spiro atoms. The highest BCUT2D eigenvalue weighted by molar-refractivity contribution is 8.00. The van der Waals surface area contributed by atoms with Crippen LogP contribution >= 0.6 is 34.4 Å². The van der Waals surface area contributed by atoms with Gasteiger partial charge in [-0.3, -0.25) is 10.1 Å². The first kappa shape index (κ1) is 16.3. The number of hydrogen-bond donors (Lipinski definition) is 1. The topological polar surface area (TPSA) is 80.7 Å². The number of thiophene rings is 1. The molecule has 1 N–H and O–H groups in total. The Labute approximate surface area is 145 Å². The van der Waals surface area contributed by atoms with Gasteiger partial charge in [0.15, 0.2) is 0 Å². The van der Waals surface area contributed by atoms with E-state index in [4.69, 9.17) is 0 Å². The Kier molecular flexibility index (Phi) is 4.60. The molecule has 3 aromatic heterocycles. The average molecular weight is 366 g/mol. The SMILES string of the molecule is Cc1nc(SCC(=O)Nc2nnc(C)s2)c2c(C)c(C)sc2n1. The number of amides is 1. The van der Waals surface area contributed by atoms with E-state index in [1.54, 1.807) is 11.3 Å². The summed E-state index contributed by atoms with van der Waals surface area (Å²) in [6.07, 6.45) is 0. The fourth-order valence-electron chi connectivity index (χ4n) is 2.06. The molecule has 0 aliphatic carbocycles. The van der Waals surface area contributed by atoms with Gasteiger partial charge in [-0.15, -0.1) is 21.5 Å². The third kappa shape index (κ3) is 3.51. The Hall–Kier alpha value is -1.58. The smallest absolute Gasteiger partial charge is 0.236 e. The maximum absolute atomic E-state index is 12.1. The van der Waals surface area contributed by atoms with Gasteiger partial charge in [0, 0.05) is 10.3 Å². The second-order valence-electron chi connectivity index (χ2n) is 5.00. The van der Waals surface area contributed by atoms with Crippen LogP contribution in [0.2, 0.25) is 0 Å². The Morgan fingerprint density at radius 2 is 1.91 bits per heavy atom. The van der Waals surface area contributed by atoms with E-state index in [9.17, 15) is 4.79 Å². The number of nitrogens with one attached hydrogen (secondary N) is 1. The molecule has 120 valence electrons. The van der Waals surface area contributed by atoms with Gasteiger partial charge in [0.1, 0.15) is 20.7 Å². The fraction of sp³-hybridized carbons (Fsp3) is 0.357. The van der Waals surface area contributed by atoms with Gasteiger partial charge in [-0.1, -0.05) is 23.1 Å². The minimum absolute atomic E-state index is 0.111. The first-order chi connectivity index (χ1) is 10.9. The van der Waals surface area contributed by atoms with E-state index in [1.165, 1.54) is 33.5 Å². The van der Waals surface area contributed by atoms with Crippen molar-refractivity contribution in [3.8, 4) is 0 Å². The standard InChI is InChI=1S/C14H15N5OS3/c1-6-7(2)22-13-11(6)12(15-8(3)16-13)21-5-10(20)17-14-19-18-9(4)23-14/h5H2,1-4H3,(H,17,19,20). The number of hydrogen-bond acceptors (Lipinski definition) is 8. The maximum atomic E-state index is 12.1. The quantitative estimate of drug-likeness (QED) is 0.563. The van der Waals surface area contributed by atoms with Gasteiger partial charge in [0.2, 0.25) is 11.0 Å². The summed E-state index contributed by atoms with van der Waals surface area (Å²) in [7, 11) is 0. The molecule has 0 aliphatic rings. The number of carbonyl (C=O) groups is 1. The summed E-state index contributed by atoms with van der Waals surface area (Å²) in [6, 6.07) is 0. The van der Waals surface area contributed by atoms with Gasteiger partial charge < -0.3 is 0 Å². The summed E-state index contributed by atoms with van der Waals surface area (Å²) < 4.78 is 0. The molecule has 0 aliphatic heterocycles. The average Bonchev–Trinajstić information content (AvgIpc) is 3.00. The van der Waals surface area contributed by atoms with Gasteiger partial charge in [0.05, 0.1) is 5.75 Å². The predicted octanol–water partition coefficient (Wildman–Crippen LogP) is 3.51. The summed E-state index contributed by atoms with van der Waals surface area (Å²) in [6.45, 7) is 7.87. The number of nitrogens with zero attached hydrogens (tertiary/aromatic N) is 4. The van der Waals surface area contributed by atoms with E-state index in [0.717, 1.165) is 26.1 Å². The van der Waals surface area contributed by atoms with Crippen molar-refractivity contribution < 1.29 is 4.79 Å². The van der Waals surface area contributed by atoms with Crippen molar-refractivity contribution in [1.82, 2.24) is 20.2 Å². The lowest BCUT2D eigenvalue weighted by atomic mass is 10.2. The normalized spacial score (nSPS) is 11.1. The second kappa shape index (κ2) is 6.50. The summed E-state index contributed by atoms with van der Waals surface area (Å²) in [4.78, 5) is 23.3. The van der Waals surface area contributed by atoms with Crippen LogP contribution in [-0.4, -0.2) is 31.8 Å². The summed E-state index contributed by atoms with van der Waals surface area (Å²) in [5.74, 6) is 0.889. The largest absolute Gasteiger partial charge is 0.300 e. The van der Waals surface area contributed by atoms with Crippen molar-refractivity contribution in [3.05, 3.63) is 21.3 Å². The number of rotatable bonds is 4. The van der Waals surface area contributed by atoms with Crippen molar-refractivity contribution in [2.45, 2.75) is 32.7 Å². The molecule has 0 atom stereocenters. The Bertz CT molecular complexity index is 886. The van der Waals surface area contributed by atoms with Crippen LogP contribution in [-0.2, 0) is 4.79 Å². The zero-order chi connectivity index (χ0) is 16.6. The summed E-state index contributed by atoms with van der Waals surface area (Å²) >= 11 is 4.45. The minimum atomic E-state index is -0.111. The molecule has 0 saturated heterocycles. The molecule has 0 bridgehead atoms. The zero-order valence-electron chi connectivity index (χ0n) is 13.1. The van der Waals surface area contributed by atoms with Crippen LogP contribution in [0, 0.1) is 27.7 Å². The number of aryl methyl sites for hydroxylation is 4. The molecular formula is C14H15N5OS3. The monoisotopic (exact) mass is 365 g/mol. The molecule has 1 amide bonds. The third-order valence-corrected chi connectivity index (χ3v) is 6.05. The van der Waals surface area contributed by atoms with Gasteiger partial charge in [-0.05, 0) is 33.3 Å². The van der Waals surface area contributed by atoms with E-state index in [1.807, 2.05) is 13.8 Å². The van der Waals surface area contributed by atoms with Crippen LogP contribution in [0.3, 0.4) is 0 Å². The molecule has 6 nitrogen and oxygen atoms in total. The first-order valence-corrected chi connectivity index (χ1v) is 9.53. The Morgan fingerprint density at radius 1 is 1.13 bits per heavy atom. The molecule has 9 heteroatoms. The number of carbonyl (C=O) groups excluding carboxylic acids is 1. The third-order valence-electron chi connectivity index (χ3n) is 3.22. The summed E-state index contributed by atoms with van der Waals surface area (Å²) in [5, 5.41) is 13.8. The van der Waals surface area contributed by atoms with Crippen molar-refractivity contribution in [3.63, 3.8) is 0 Å². The van der Waals surface area contributed by atoms with Crippen molar-refractivity contribution in [2.24, 2.45) is 0 Å². The lowest BCUT2D eigenvalue weighted by Gasteiger charge is -2.05. The van der Waals surface area contributed by atoms with E-state index in [0.29, 0.717) is 5.13 Å². The maximum Gasteiger partial charge on any atom is 0.236 e. The molecule has 3 rings (SSSR count). The molecule has 0 saturated carbocycles. The molecule has 0 unspecified atom stereocenters. The lowest BCUT2D eigenvalue weighted by molar-refractivity contribution is -0.113. The van der Waals surface area contributed by atoms with Crippen LogP contribution < -0.4 is 5.32 Å². The lowest BCUT2D eigenvalue weighted by Crippen LogP contribution is -2.14. The second-order valence-corrected chi connectivity index (χ2v) is 8.35. The van der Waals surface area contributed by atoms with E-state index < -0.39 is 0 Å². The molecule has 0 radical (unpaired) electrons. The van der Waals surface area contributed by atoms with Crippen molar-refractivity contribution in [1.29, 1.82) is 0 Å². The van der Waals surface area contributed by atoms with E-state index in [-0.39, 0.29) is 11.7 Å². The van der Waals surface area contributed by atoms with E-state index >= 15 is 0 Å². The van der Waals surface area contributed by atoms with Crippen LogP contribution in [0.1, 0.15) is 21.3 Å². The number of aromatic nitrogens is 4. The van der Waals surface area contributed by atoms with Crippen molar-refractivity contribution in [2.75, 3.05) is 11.1 Å². The number of thioether (sulfide) groups is 1. The molecule has 3 heterocycles. The van der Waals surface area contributed by atoms with Gasteiger partial charge >= 0.3 is 0 Å². The Balaban J connectivity index is 1.77. The molecule has 23 heavy (non-hydrogen) atoms. The predicted molar refractivity (Wildman–Crippen MR) is 95.6 cm³/mol.